The second-order valence-electron chi connectivity index (χ2n) is 9.42. The van der Waals surface area contributed by atoms with E-state index in [0.29, 0.717) is 0 Å². The molecule has 4 aromatic carbocycles. The lowest BCUT2D eigenvalue weighted by Gasteiger charge is -2.36. The van der Waals surface area contributed by atoms with Crippen LogP contribution in [0.25, 0.3) is 11.1 Å². The summed E-state index contributed by atoms with van der Waals surface area (Å²) in [5.74, 6) is -3.42. The number of aliphatic carboxylic acids is 2. The first-order chi connectivity index (χ1) is 18.0. The number of nitrogens with zero attached hydrogens (tertiary/aromatic N) is 1. The SMILES string of the molecule is CCC(C(=O)O)C(C(=O)O)N(Cc1ccccc1)c1cccc2c1C(c1ccccc1)c1ccccc1-2. The number of carboxylic acid groups (broad SMARTS) is 2. The van der Waals surface area contributed by atoms with Crippen LogP contribution in [0.5, 0.6) is 0 Å². The van der Waals surface area contributed by atoms with Gasteiger partial charge in [0.15, 0.2) is 0 Å². The molecule has 5 nitrogen and oxygen atoms in total. The summed E-state index contributed by atoms with van der Waals surface area (Å²) < 4.78 is 0. The van der Waals surface area contributed by atoms with Crippen molar-refractivity contribution < 1.29 is 19.8 Å². The Bertz CT molecular complexity index is 1420. The molecule has 186 valence electrons. The lowest BCUT2D eigenvalue weighted by atomic mass is 9.87. The van der Waals surface area contributed by atoms with Crippen LogP contribution in [0.15, 0.2) is 103 Å². The van der Waals surface area contributed by atoms with E-state index in [-0.39, 0.29) is 18.9 Å². The molecule has 0 radical (unpaired) electrons. The molecule has 0 heterocycles. The third kappa shape index (κ3) is 4.49. The fourth-order valence-electron chi connectivity index (χ4n) is 5.65. The van der Waals surface area contributed by atoms with E-state index in [0.717, 1.165) is 39.1 Å². The molecular formula is C32H29NO4. The Balaban J connectivity index is 1.76. The number of hydrogen-bond acceptors (Lipinski definition) is 3. The average Bonchev–Trinajstić information content (AvgIpc) is 3.26. The van der Waals surface area contributed by atoms with Gasteiger partial charge < -0.3 is 15.1 Å². The summed E-state index contributed by atoms with van der Waals surface area (Å²) in [5.41, 5.74) is 7.11. The molecule has 1 aliphatic rings. The smallest absolute Gasteiger partial charge is 0.327 e. The van der Waals surface area contributed by atoms with Gasteiger partial charge in [0.2, 0.25) is 0 Å². The highest BCUT2D eigenvalue weighted by atomic mass is 16.4. The molecule has 0 saturated heterocycles. The van der Waals surface area contributed by atoms with Gasteiger partial charge in [0.25, 0.3) is 0 Å². The molecule has 0 fully saturated rings. The molecule has 0 aliphatic heterocycles. The second-order valence-corrected chi connectivity index (χ2v) is 9.42. The quantitative estimate of drug-likeness (QED) is 0.249. The van der Waals surface area contributed by atoms with Gasteiger partial charge in [0.1, 0.15) is 6.04 Å². The van der Waals surface area contributed by atoms with Gasteiger partial charge in [-0.05, 0) is 45.9 Å². The minimum absolute atomic E-state index is 0.0961. The standard InChI is InChI=1S/C32H29NO4/c1-2-23(31(34)35)30(32(36)37)33(20-21-12-5-3-6-13-21)27-19-11-18-26-24-16-9-10-17-25(24)28(29(26)27)22-14-7-4-8-15-22/h3-19,23,28,30H,2,20H2,1H3,(H,34,35)(H,36,37). The first-order valence-electron chi connectivity index (χ1n) is 12.5. The normalized spacial score (nSPS) is 15.3. The molecule has 0 bridgehead atoms. The maximum Gasteiger partial charge on any atom is 0.327 e. The number of fused-ring (bicyclic) bond motifs is 3. The minimum atomic E-state index is -1.24. The van der Waals surface area contributed by atoms with Crippen LogP contribution in [0.3, 0.4) is 0 Å². The topological polar surface area (TPSA) is 77.8 Å². The summed E-state index contributed by atoms with van der Waals surface area (Å²) in [6, 6.07) is 32.8. The molecule has 0 spiro atoms. The molecule has 0 saturated carbocycles. The second kappa shape index (κ2) is 10.3. The maximum absolute atomic E-state index is 12.8. The third-order valence-corrected chi connectivity index (χ3v) is 7.30. The van der Waals surface area contributed by atoms with Gasteiger partial charge in [0.05, 0.1) is 5.92 Å². The Hall–Kier alpha value is -4.38. The van der Waals surface area contributed by atoms with E-state index < -0.39 is 23.9 Å². The van der Waals surface area contributed by atoms with Gasteiger partial charge in [0, 0.05) is 18.2 Å². The van der Waals surface area contributed by atoms with Crippen LogP contribution in [0.2, 0.25) is 0 Å². The Morgan fingerprint density at radius 3 is 2.03 bits per heavy atom. The molecule has 2 N–H and O–H groups in total. The average molecular weight is 492 g/mol. The molecule has 5 rings (SSSR count). The maximum atomic E-state index is 12.8. The number of carbonyl (C=O) groups is 2. The number of benzene rings is 4. The Labute approximate surface area is 216 Å². The van der Waals surface area contributed by atoms with E-state index in [2.05, 4.69) is 30.3 Å². The molecule has 0 amide bonds. The fourth-order valence-corrected chi connectivity index (χ4v) is 5.65. The van der Waals surface area contributed by atoms with E-state index in [9.17, 15) is 19.8 Å². The summed E-state index contributed by atoms with van der Waals surface area (Å²) in [5, 5.41) is 20.5. The van der Waals surface area contributed by atoms with Crippen LogP contribution >= 0.6 is 0 Å². The van der Waals surface area contributed by atoms with Crippen molar-refractivity contribution in [1.82, 2.24) is 0 Å². The number of anilines is 1. The third-order valence-electron chi connectivity index (χ3n) is 7.30. The van der Waals surface area contributed by atoms with Gasteiger partial charge >= 0.3 is 11.9 Å². The monoisotopic (exact) mass is 491 g/mol. The number of carboxylic acids is 2. The summed E-state index contributed by atoms with van der Waals surface area (Å²) in [6.07, 6.45) is 0.203. The van der Waals surface area contributed by atoms with Crippen LogP contribution in [0, 0.1) is 5.92 Å². The highest BCUT2D eigenvalue weighted by Crippen LogP contribution is 2.52. The van der Waals surface area contributed by atoms with Gasteiger partial charge in [-0.3, -0.25) is 4.79 Å². The first kappa shape index (κ1) is 24.3. The van der Waals surface area contributed by atoms with Crippen LogP contribution in [0.4, 0.5) is 5.69 Å². The van der Waals surface area contributed by atoms with Crippen molar-refractivity contribution in [2.45, 2.75) is 31.8 Å². The van der Waals surface area contributed by atoms with E-state index in [1.54, 1.807) is 11.8 Å². The van der Waals surface area contributed by atoms with Crippen molar-refractivity contribution in [3.05, 3.63) is 125 Å². The molecular weight excluding hydrogens is 462 g/mol. The van der Waals surface area contributed by atoms with Crippen molar-refractivity contribution in [3.8, 4) is 11.1 Å². The molecule has 3 atom stereocenters. The van der Waals surface area contributed by atoms with Crippen LogP contribution in [-0.2, 0) is 16.1 Å². The lowest BCUT2D eigenvalue weighted by Crippen LogP contribution is -2.49. The first-order valence-corrected chi connectivity index (χ1v) is 12.5. The lowest BCUT2D eigenvalue weighted by molar-refractivity contribution is -0.150. The fraction of sp³-hybridized carbons (Fsp3) is 0.188. The molecule has 3 unspecified atom stereocenters. The van der Waals surface area contributed by atoms with Gasteiger partial charge in [-0.25, -0.2) is 4.79 Å². The highest BCUT2D eigenvalue weighted by Gasteiger charge is 2.41. The van der Waals surface area contributed by atoms with Gasteiger partial charge in [-0.1, -0.05) is 104 Å². The number of rotatable bonds is 9. The van der Waals surface area contributed by atoms with Gasteiger partial charge in [-0.2, -0.15) is 0 Å². The minimum Gasteiger partial charge on any atom is -0.481 e. The predicted molar refractivity (Wildman–Crippen MR) is 145 cm³/mol. The molecule has 37 heavy (non-hydrogen) atoms. The van der Waals surface area contributed by atoms with E-state index in [4.69, 9.17) is 0 Å². The Morgan fingerprint density at radius 1 is 0.757 bits per heavy atom. The zero-order valence-electron chi connectivity index (χ0n) is 20.6. The van der Waals surface area contributed by atoms with Crippen molar-refractivity contribution in [2.24, 2.45) is 5.92 Å². The zero-order chi connectivity index (χ0) is 25.9. The summed E-state index contributed by atoms with van der Waals surface area (Å²) >= 11 is 0. The molecule has 4 aromatic rings. The van der Waals surface area contributed by atoms with E-state index in [1.807, 2.05) is 72.8 Å². The van der Waals surface area contributed by atoms with Crippen molar-refractivity contribution in [1.29, 1.82) is 0 Å². The summed E-state index contributed by atoms with van der Waals surface area (Å²) in [4.78, 5) is 26.8. The van der Waals surface area contributed by atoms with Crippen LogP contribution < -0.4 is 4.90 Å². The highest BCUT2D eigenvalue weighted by molar-refractivity contribution is 5.90. The molecule has 5 heteroatoms. The Kier molecular flexibility index (Phi) is 6.78. The van der Waals surface area contributed by atoms with Crippen molar-refractivity contribution in [2.75, 3.05) is 4.90 Å². The van der Waals surface area contributed by atoms with Crippen LogP contribution in [-0.4, -0.2) is 28.2 Å². The largest absolute Gasteiger partial charge is 0.481 e. The van der Waals surface area contributed by atoms with Crippen molar-refractivity contribution >= 4 is 17.6 Å². The Morgan fingerprint density at radius 2 is 1.38 bits per heavy atom. The number of hydrogen-bond donors (Lipinski definition) is 2. The molecule has 1 aliphatic carbocycles. The van der Waals surface area contributed by atoms with Crippen LogP contribution in [0.1, 0.15) is 41.5 Å². The zero-order valence-corrected chi connectivity index (χ0v) is 20.6. The van der Waals surface area contributed by atoms with Crippen molar-refractivity contribution in [3.63, 3.8) is 0 Å². The van der Waals surface area contributed by atoms with E-state index >= 15 is 0 Å². The summed E-state index contributed by atoms with van der Waals surface area (Å²) in [7, 11) is 0. The van der Waals surface area contributed by atoms with Gasteiger partial charge in [-0.15, -0.1) is 0 Å². The summed E-state index contributed by atoms with van der Waals surface area (Å²) in [6.45, 7) is 2.00. The van der Waals surface area contributed by atoms with E-state index in [1.165, 1.54) is 0 Å². The predicted octanol–water partition coefficient (Wildman–Crippen LogP) is 6.42. The molecule has 0 aromatic heterocycles.